The topological polar surface area (TPSA) is 55.8 Å². The van der Waals surface area contributed by atoms with Crippen molar-refractivity contribution in [2.75, 3.05) is 7.11 Å². The van der Waals surface area contributed by atoms with Gasteiger partial charge in [-0.1, -0.05) is 11.6 Å². The number of halogens is 1. The number of carboxylic acids is 1. The van der Waals surface area contributed by atoms with Crippen LogP contribution in [-0.2, 0) is 4.79 Å². The molecule has 2 fully saturated rings. The second-order valence-electron chi connectivity index (χ2n) is 6.56. The highest BCUT2D eigenvalue weighted by molar-refractivity contribution is 6.31. The molecule has 0 amide bonds. The lowest BCUT2D eigenvalue weighted by molar-refractivity contribution is -0.137. The van der Waals surface area contributed by atoms with Crippen molar-refractivity contribution in [3.8, 4) is 11.5 Å². The molecule has 0 radical (unpaired) electrons. The standard InChI is InChI=1S/C18H23ClO4/c1-22-15-9-8-14(19)17(13(10-16(20)21)11-6-7-11)18(15)23-12-4-2-3-5-12/h8-9,11-13H,2-7,10H2,1H3,(H,20,21). The minimum atomic E-state index is -0.799. The first-order valence-electron chi connectivity index (χ1n) is 8.35. The summed E-state index contributed by atoms with van der Waals surface area (Å²) in [4.78, 5) is 11.3. The first-order chi connectivity index (χ1) is 11.1. The van der Waals surface area contributed by atoms with Crippen molar-refractivity contribution >= 4 is 17.6 Å². The van der Waals surface area contributed by atoms with Gasteiger partial charge in [-0.15, -0.1) is 0 Å². The summed E-state index contributed by atoms with van der Waals surface area (Å²) >= 11 is 6.47. The molecule has 0 aliphatic heterocycles. The molecule has 1 aromatic rings. The van der Waals surface area contributed by atoms with Crippen molar-refractivity contribution in [1.29, 1.82) is 0 Å². The highest BCUT2D eigenvalue weighted by atomic mass is 35.5. The maximum atomic E-state index is 11.3. The number of ether oxygens (including phenoxy) is 2. The molecular formula is C18H23ClO4. The third kappa shape index (κ3) is 3.74. The summed E-state index contributed by atoms with van der Waals surface area (Å²) in [6, 6.07) is 3.59. The van der Waals surface area contributed by atoms with Crippen LogP contribution in [0.3, 0.4) is 0 Å². The van der Waals surface area contributed by atoms with Gasteiger partial charge in [0.15, 0.2) is 11.5 Å². The molecule has 0 heterocycles. The number of hydrogen-bond acceptors (Lipinski definition) is 3. The number of rotatable bonds is 7. The SMILES string of the molecule is COc1ccc(Cl)c(C(CC(=O)O)C2CC2)c1OC1CCCC1. The maximum Gasteiger partial charge on any atom is 0.303 e. The minimum Gasteiger partial charge on any atom is -0.493 e. The fourth-order valence-corrected chi connectivity index (χ4v) is 3.84. The molecule has 126 valence electrons. The zero-order valence-electron chi connectivity index (χ0n) is 13.4. The fraction of sp³-hybridized carbons (Fsp3) is 0.611. The first kappa shape index (κ1) is 16.4. The third-order valence-electron chi connectivity index (χ3n) is 4.87. The van der Waals surface area contributed by atoms with Gasteiger partial charge in [0.2, 0.25) is 0 Å². The molecule has 0 bridgehead atoms. The van der Waals surface area contributed by atoms with Gasteiger partial charge in [-0.2, -0.15) is 0 Å². The molecule has 1 N–H and O–H groups in total. The van der Waals surface area contributed by atoms with Crippen molar-refractivity contribution in [3.05, 3.63) is 22.7 Å². The number of methoxy groups -OCH3 is 1. The molecule has 0 spiro atoms. The minimum absolute atomic E-state index is 0.0819. The largest absolute Gasteiger partial charge is 0.493 e. The summed E-state index contributed by atoms with van der Waals surface area (Å²) in [5, 5.41) is 9.88. The lowest BCUT2D eigenvalue weighted by atomic mass is 9.89. The van der Waals surface area contributed by atoms with Crippen LogP contribution in [0.2, 0.25) is 5.02 Å². The van der Waals surface area contributed by atoms with Crippen molar-refractivity contribution in [2.24, 2.45) is 5.92 Å². The summed E-state index contributed by atoms with van der Waals surface area (Å²) in [6.45, 7) is 0. The molecule has 3 rings (SSSR count). The smallest absolute Gasteiger partial charge is 0.303 e. The Bertz CT molecular complexity index is 577. The second-order valence-corrected chi connectivity index (χ2v) is 6.97. The molecular weight excluding hydrogens is 316 g/mol. The average Bonchev–Trinajstić information content (AvgIpc) is 3.23. The Morgan fingerprint density at radius 2 is 2.00 bits per heavy atom. The summed E-state index contributed by atoms with van der Waals surface area (Å²) in [6.07, 6.45) is 6.76. The highest BCUT2D eigenvalue weighted by Gasteiger charge is 2.38. The zero-order valence-corrected chi connectivity index (χ0v) is 14.1. The Morgan fingerprint density at radius 3 is 2.57 bits per heavy atom. The molecule has 1 aromatic carbocycles. The van der Waals surface area contributed by atoms with Gasteiger partial charge in [-0.25, -0.2) is 0 Å². The average molecular weight is 339 g/mol. The van der Waals surface area contributed by atoms with E-state index in [1.165, 1.54) is 12.8 Å². The van der Waals surface area contributed by atoms with E-state index < -0.39 is 5.97 Å². The lowest BCUT2D eigenvalue weighted by Gasteiger charge is -2.24. The van der Waals surface area contributed by atoms with Crippen LogP contribution in [0.15, 0.2) is 12.1 Å². The van der Waals surface area contributed by atoms with Crippen LogP contribution >= 0.6 is 11.6 Å². The van der Waals surface area contributed by atoms with Crippen LogP contribution in [0.5, 0.6) is 11.5 Å². The van der Waals surface area contributed by atoms with Gasteiger partial charge in [-0.3, -0.25) is 4.79 Å². The van der Waals surface area contributed by atoms with Crippen molar-refractivity contribution < 1.29 is 19.4 Å². The Labute approximate surface area is 141 Å². The van der Waals surface area contributed by atoms with Crippen LogP contribution in [0.25, 0.3) is 0 Å². The van der Waals surface area contributed by atoms with E-state index in [9.17, 15) is 9.90 Å². The summed E-state index contributed by atoms with van der Waals surface area (Å²) in [5.74, 6) is 0.776. The number of benzene rings is 1. The molecule has 4 nitrogen and oxygen atoms in total. The Hall–Kier alpha value is -1.42. The second kappa shape index (κ2) is 7.00. The number of carboxylic acid groups (broad SMARTS) is 1. The van der Waals surface area contributed by atoms with Gasteiger partial charge in [0.1, 0.15) is 0 Å². The van der Waals surface area contributed by atoms with Crippen molar-refractivity contribution in [1.82, 2.24) is 0 Å². The first-order valence-corrected chi connectivity index (χ1v) is 8.72. The van der Waals surface area contributed by atoms with E-state index in [0.717, 1.165) is 31.2 Å². The van der Waals surface area contributed by atoms with Gasteiger partial charge in [-0.05, 0) is 56.6 Å². The predicted molar refractivity (Wildman–Crippen MR) is 88.6 cm³/mol. The van der Waals surface area contributed by atoms with E-state index in [1.54, 1.807) is 19.2 Å². The summed E-state index contributed by atoms with van der Waals surface area (Å²) < 4.78 is 11.7. The summed E-state index contributed by atoms with van der Waals surface area (Å²) in [5.41, 5.74) is 0.822. The third-order valence-corrected chi connectivity index (χ3v) is 5.20. The highest BCUT2D eigenvalue weighted by Crippen LogP contribution is 2.51. The van der Waals surface area contributed by atoms with Gasteiger partial charge in [0.05, 0.1) is 19.6 Å². The van der Waals surface area contributed by atoms with Crippen LogP contribution in [0.4, 0.5) is 0 Å². The quantitative estimate of drug-likeness (QED) is 0.787. The molecule has 5 heteroatoms. The number of carbonyl (C=O) groups is 1. The van der Waals surface area contributed by atoms with Crippen LogP contribution in [0.1, 0.15) is 56.4 Å². The molecule has 0 aromatic heterocycles. The fourth-order valence-electron chi connectivity index (χ4n) is 3.55. The normalized spacial score (nSPS) is 19.6. The van der Waals surface area contributed by atoms with Crippen LogP contribution < -0.4 is 9.47 Å². The Morgan fingerprint density at radius 1 is 1.30 bits per heavy atom. The van der Waals surface area contributed by atoms with E-state index in [4.69, 9.17) is 21.1 Å². The van der Waals surface area contributed by atoms with Gasteiger partial charge >= 0.3 is 5.97 Å². The van der Waals surface area contributed by atoms with E-state index in [1.807, 2.05) is 0 Å². The Balaban J connectivity index is 1.99. The lowest BCUT2D eigenvalue weighted by Crippen LogP contribution is -2.16. The van der Waals surface area contributed by atoms with Crippen LogP contribution in [-0.4, -0.2) is 24.3 Å². The maximum absolute atomic E-state index is 11.3. The Kier molecular flexibility index (Phi) is 5.00. The predicted octanol–water partition coefficient (Wildman–Crippen LogP) is 4.64. The van der Waals surface area contributed by atoms with E-state index in [-0.39, 0.29) is 18.4 Å². The van der Waals surface area contributed by atoms with Gasteiger partial charge in [0.25, 0.3) is 0 Å². The molecule has 2 aliphatic rings. The molecule has 1 atom stereocenters. The molecule has 0 saturated heterocycles. The van der Waals surface area contributed by atoms with E-state index in [0.29, 0.717) is 22.4 Å². The van der Waals surface area contributed by atoms with Crippen molar-refractivity contribution in [2.45, 2.75) is 57.0 Å². The van der Waals surface area contributed by atoms with Gasteiger partial charge < -0.3 is 14.6 Å². The van der Waals surface area contributed by atoms with E-state index in [2.05, 4.69) is 0 Å². The molecule has 2 aliphatic carbocycles. The van der Waals surface area contributed by atoms with Crippen molar-refractivity contribution in [3.63, 3.8) is 0 Å². The number of aliphatic carboxylic acids is 1. The van der Waals surface area contributed by atoms with Gasteiger partial charge in [0, 0.05) is 16.5 Å². The molecule has 1 unspecified atom stereocenters. The molecule has 2 saturated carbocycles. The summed E-state index contributed by atoms with van der Waals surface area (Å²) in [7, 11) is 1.61. The zero-order chi connectivity index (χ0) is 16.4. The van der Waals surface area contributed by atoms with E-state index >= 15 is 0 Å². The number of hydrogen-bond donors (Lipinski definition) is 1. The van der Waals surface area contributed by atoms with Crippen LogP contribution in [0, 0.1) is 5.92 Å². The molecule has 23 heavy (non-hydrogen) atoms. The monoisotopic (exact) mass is 338 g/mol.